The normalized spacial score (nSPS) is 10.5. The third kappa shape index (κ3) is 5.71. The molecule has 0 fully saturated rings. The Kier molecular flexibility index (Phi) is 5.63. The summed E-state index contributed by atoms with van der Waals surface area (Å²) >= 11 is 0. The van der Waals surface area contributed by atoms with Gasteiger partial charge in [0.15, 0.2) is 0 Å². The fraction of sp³-hybridized carbons (Fsp3) is 0.333. The van der Waals surface area contributed by atoms with Crippen LogP contribution in [0.4, 0.5) is 0 Å². The van der Waals surface area contributed by atoms with E-state index < -0.39 is 0 Å². The Labute approximate surface area is 65.2 Å². The van der Waals surface area contributed by atoms with Gasteiger partial charge in [-0.15, -0.1) is 13.2 Å². The van der Waals surface area contributed by atoms with E-state index in [2.05, 4.69) is 18.1 Å². The molecule has 0 aliphatic rings. The van der Waals surface area contributed by atoms with Gasteiger partial charge in [-0.25, -0.2) is 0 Å². The lowest BCUT2D eigenvalue weighted by Crippen LogP contribution is -2.31. The molecule has 0 rings (SSSR count). The molecule has 0 spiro atoms. The number of hydrogen-bond donors (Lipinski definition) is 2. The van der Waals surface area contributed by atoms with Crippen molar-refractivity contribution < 1.29 is 15.4 Å². The number of nitrogens with zero attached hydrogens (tertiary/aromatic N) is 2. The molecule has 0 saturated carbocycles. The van der Waals surface area contributed by atoms with Crippen molar-refractivity contribution in [2.75, 3.05) is 13.1 Å². The van der Waals surface area contributed by atoms with Crippen LogP contribution < -0.4 is 0 Å². The second kappa shape index (κ2) is 6.02. The standard InChI is InChI=1S/C6H12N2O3/c1-3-5-7(9)11-8(10)6-4-2/h3-4,9-10H,1-2,5-6H2. The molecule has 0 bridgehead atoms. The Morgan fingerprint density at radius 1 is 1.09 bits per heavy atom. The van der Waals surface area contributed by atoms with Gasteiger partial charge in [-0.3, -0.25) is 10.4 Å². The van der Waals surface area contributed by atoms with Crippen molar-refractivity contribution in [2.24, 2.45) is 0 Å². The van der Waals surface area contributed by atoms with Gasteiger partial charge in [0.2, 0.25) is 0 Å². The van der Waals surface area contributed by atoms with Crippen molar-refractivity contribution in [2.45, 2.75) is 0 Å². The third-order valence-electron chi connectivity index (χ3n) is 0.759. The molecule has 11 heavy (non-hydrogen) atoms. The van der Waals surface area contributed by atoms with Crippen molar-refractivity contribution in [3.05, 3.63) is 25.3 Å². The highest BCUT2D eigenvalue weighted by atomic mass is 17.1. The average molecular weight is 160 g/mol. The highest BCUT2D eigenvalue weighted by molar-refractivity contribution is 4.67. The predicted molar refractivity (Wildman–Crippen MR) is 38.5 cm³/mol. The fourth-order valence-electron chi connectivity index (χ4n) is 0.396. The molecule has 0 saturated heterocycles. The molecular weight excluding hydrogens is 148 g/mol. The van der Waals surface area contributed by atoms with Gasteiger partial charge in [-0.1, -0.05) is 12.2 Å². The van der Waals surface area contributed by atoms with Crippen LogP contribution in [0.15, 0.2) is 25.3 Å². The summed E-state index contributed by atoms with van der Waals surface area (Å²) in [4.78, 5) is 4.37. The van der Waals surface area contributed by atoms with Gasteiger partial charge in [0.1, 0.15) is 0 Å². The van der Waals surface area contributed by atoms with Crippen LogP contribution in [-0.4, -0.2) is 34.0 Å². The van der Waals surface area contributed by atoms with Gasteiger partial charge in [-0.05, 0) is 10.5 Å². The zero-order valence-electron chi connectivity index (χ0n) is 6.18. The maximum Gasteiger partial charge on any atom is 0.0713 e. The summed E-state index contributed by atoms with van der Waals surface area (Å²) in [6, 6.07) is 0. The molecule has 0 atom stereocenters. The molecule has 5 nitrogen and oxygen atoms in total. The molecule has 0 aromatic carbocycles. The van der Waals surface area contributed by atoms with E-state index in [0.717, 1.165) is 0 Å². The van der Waals surface area contributed by atoms with Gasteiger partial charge >= 0.3 is 0 Å². The third-order valence-corrected chi connectivity index (χ3v) is 0.759. The highest BCUT2D eigenvalue weighted by Gasteiger charge is 2.02. The molecule has 0 unspecified atom stereocenters. The lowest BCUT2D eigenvalue weighted by atomic mass is 10.6. The van der Waals surface area contributed by atoms with Gasteiger partial charge in [0, 0.05) is 0 Å². The quantitative estimate of drug-likeness (QED) is 0.440. The molecule has 0 aliphatic carbocycles. The maximum atomic E-state index is 8.75. The lowest BCUT2D eigenvalue weighted by Gasteiger charge is -2.16. The van der Waals surface area contributed by atoms with E-state index in [1.54, 1.807) is 0 Å². The van der Waals surface area contributed by atoms with Crippen LogP contribution in [-0.2, 0) is 4.94 Å². The summed E-state index contributed by atoms with van der Waals surface area (Å²) in [7, 11) is 0. The van der Waals surface area contributed by atoms with Crippen LogP contribution in [0.5, 0.6) is 0 Å². The number of rotatable bonds is 6. The van der Waals surface area contributed by atoms with Crippen molar-refractivity contribution in [3.8, 4) is 0 Å². The summed E-state index contributed by atoms with van der Waals surface area (Å²) < 4.78 is 0. The van der Waals surface area contributed by atoms with Crippen molar-refractivity contribution >= 4 is 0 Å². The van der Waals surface area contributed by atoms with E-state index in [0.29, 0.717) is 10.5 Å². The Morgan fingerprint density at radius 3 is 1.73 bits per heavy atom. The second-order valence-electron chi connectivity index (χ2n) is 1.73. The van der Waals surface area contributed by atoms with Crippen LogP contribution in [0.3, 0.4) is 0 Å². The summed E-state index contributed by atoms with van der Waals surface area (Å²) in [5, 5.41) is 18.4. The van der Waals surface area contributed by atoms with Gasteiger partial charge < -0.3 is 0 Å². The summed E-state index contributed by atoms with van der Waals surface area (Å²) in [6.07, 6.45) is 2.84. The maximum absolute atomic E-state index is 8.75. The number of hydroxylamine groups is 4. The number of hydrogen-bond acceptors (Lipinski definition) is 5. The van der Waals surface area contributed by atoms with Crippen molar-refractivity contribution in [1.29, 1.82) is 0 Å². The Bertz CT molecular complexity index is 115. The van der Waals surface area contributed by atoms with E-state index in [4.69, 9.17) is 10.4 Å². The SMILES string of the molecule is C=CCN(O)ON(O)CC=C. The van der Waals surface area contributed by atoms with Crippen molar-refractivity contribution in [3.63, 3.8) is 0 Å². The Hall–Kier alpha value is -0.720. The summed E-state index contributed by atoms with van der Waals surface area (Å²) in [5.41, 5.74) is 0. The van der Waals surface area contributed by atoms with Crippen LogP contribution in [0.25, 0.3) is 0 Å². The molecule has 5 heteroatoms. The zero-order chi connectivity index (χ0) is 8.69. The molecule has 0 aromatic rings. The molecule has 2 N–H and O–H groups in total. The molecular formula is C6H12N2O3. The average Bonchev–Trinajstić information content (AvgIpc) is 1.87. The van der Waals surface area contributed by atoms with Crippen LogP contribution in [0.1, 0.15) is 0 Å². The molecule has 0 aromatic heterocycles. The minimum atomic E-state index is 0.105. The van der Waals surface area contributed by atoms with E-state index in [1.807, 2.05) is 0 Å². The molecule has 0 aliphatic heterocycles. The van der Waals surface area contributed by atoms with E-state index in [9.17, 15) is 0 Å². The van der Waals surface area contributed by atoms with Crippen LogP contribution in [0, 0.1) is 0 Å². The van der Waals surface area contributed by atoms with Gasteiger partial charge in [0.05, 0.1) is 13.1 Å². The first kappa shape index (κ1) is 10.3. The predicted octanol–water partition coefficient (Wildman–Crippen LogP) is 0.587. The fourth-order valence-corrected chi connectivity index (χ4v) is 0.396. The summed E-state index contributed by atoms with van der Waals surface area (Å²) in [6.45, 7) is 6.91. The minimum absolute atomic E-state index is 0.105. The minimum Gasteiger partial charge on any atom is -0.288 e. The van der Waals surface area contributed by atoms with E-state index in [1.165, 1.54) is 12.2 Å². The van der Waals surface area contributed by atoms with E-state index in [-0.39, 0.29) is 13.1 Å². The molecule has 64 valence electrons. The summed E-state index contributed by atoms with van der Waals surface area (Å²) in [5.74, 6) is 0. The smallest absolute Gasteiger partial charge is 0.0713 e. The molecule has 0 radical (unpaired) electrons. The molecule has 0 heterocycles. The monoisotopic (exact) mass is 160 g/mol. The Balaban J connectivity index is 3.46. The largest absolute Gasteiger partial charge is 0.288 e. The first-order valence-electron chi connectivity index (χ1n) is 3.03. The second-order valence-corrected chi connectivity index (χ2v) is 1.73. The van der Waals surface area contributed by atoms with E-state index >= 15 is 0 Å². The van der Waals surface area contributed by atoms with Crippen LogP contribution in [0.2, 0.25) is 0 Å². The van der Waals surface area contributed by atoms with Gasteiger partial charge in [0.25, 0.3) is 0 Å². The van der Waals surface area contributed by atoms with Gasteiger partial charge in [-0.2, -0.15) is 4.94 Å². The zero-order valence-corrected chi connectivity index (χ0v) is 6.18. The first-order chi connectivity index (χ1) is 5.20. The molecule has 0 amide bonds. The highest BCUT2D eigenvalue weighted by Crippen LogP contribution is 1.89. The first-order valence-corrected chi connectivity index (χ1v) is 3.03. The Morgan fingerprint density at radius 2 is 1.45 bits per heavy atom. The van der Waals surface area contributed by atoms with Crippen molar-refractivity contribution in [1.82, 2.24) is 10.5 Å². The van der Waals surface area contributed by atoms with Crippen LogP contribution >= 0.6 is 0 Å². The lowest BCUT2D eigenvalue weighted by molar-refractivity contribution is -0.504. The topological polar surface area (TPSA) is 56.2 Å².